The molecule has 38 heavy (non-hydrogen) atoms. The molecule has 0 saturated carbocycles. The highest BCUT2D eigenvalue weighted by atomic mass is 32.2. The quantitative estimate of drug-likeness (QED) is 0.288. The van der Waals surface area contributed by atoms with Crippen molar-refractivity contribution in [2.24, 2.45) is 5.92 Å². The average Bonchev–Trinajstić information content (AvgIpc) is 3.39. The lowest BCUT2D eigenvalue weighted by atomic mass is 9.87. The van der Waals surface area contributed by atoms with E-state index in [2.05, 4.69) is 80.4 Å². The van der Waals surface area contributed by atoms with E-state index >= 15 is 0 Å². The summed E-state index contributed by atoms with van der Waals surface area (Å²) in [5.41, 5.74) is 4.05. The van der Waals surface area contributed by atoms with Crippen molar-refractivity contribution < 1.29 is 12.9 Å². The van der Waals surface area contributed by atoms with Gasteiger partial charge in [0.2, 0.25) is 21.7 Å². The largest absolute Gasteiger partial charge is 0.339 e. The highest BCUT2D eigenvalue weighted by Gasteiger charge is 2.23. The number of nitrogens with zero attached hydrogens (tertiary/aromatic N) is 3. The minimum Gasteiger partial charge on any atom is -0.339 e. The fraction of sp³-hybridized carbons (Fsp3) is 0.333. The molecule has 198 valence electrons. The molecule has 0 radical (unpaired) electrons. The van der Waals surface area contributed by atoms with Crippen molar-refractivity contribution in [2.45, 2.75) is 31.6 Å². The molecule has 7 nitrogen and oxygen atoms in total. The van der Waals surface area contributed by atoms with Crippen LogP contribution in [0.15, 0.2) is 89.5 Å². The number of hydrogen-bond acceptors (Lipinski definition) is 6. The van der Waals surface area contributed by atoms with Gasteiger partial charge in [-0.25, -0.2) is 8.42 Å². The molecule has 0 bridgehead atoms. The molecule has 1 N–H and O–H groups in total. The molecule has 0 atom stereocenters. The van der Waals surface area contributed by atoms with Gasteiger partial charge in [-0.05, 0) is 80.2 Å². The second-order valence-electron chi connectivity index (χ2n) is 10.1. The fourth-order valence-corrected chi connectivity index (χ4v) is 5.79. The molecule has 4 aromatic rings. The molecule has 1 aliphatic rings. The van der Waals surface area contributed by atoms with Gasteiger partial charge in [-0.15, -0.1) is 0 Å². The lowest BCUT2D eigenvalue weighted by Crippen LogP contribution is -2.35. The molecule has 0 aliphatic carbocycles. The molecule has 3 aromatic carbocycles. The van der Waals surface area contributed by atoms with Crippen molar-refractivity contribution >= 4 is 15.7 Å². The molecular weight excluding hydrogens is 496 g/mol. The monoisotopic (exact) mass is 530 g/mol. The van der Waals surface area contributed by atoms with Crippen LogP contribution in [0.5, 0.6) is 0 Å². The van der Waals surface area contributed by atoms with Gasteiger partial charge in [0.1, 0.15) is 0 Å². The van der Waals surface area contributed by atoms with Crippen molar-refractivity contribution in [3.05, 3.63) is 102 Å². The standard InChI is InChI=1S/C30H34N4O3S/c1-38(35,36)33-27-14-12-26(13-15-27)30-31-29(37-32-30)22-23-16-19-34(20-17-23)21-18-28(24-8-4-2-5-9-24)25-10-6-3-7-11-25/h2-15,23,28,33H,16-22H2,1H3. The number of hydrogen-bond donors (Lipinski definition) is 1. The summed E-state index contributed by atoms with van der Waals surface area (Å²) in [5.74, 6) is 2.12. The van der Waals surface area contributed by atoms with E-state index in [1.54, 1.807) is 24.3 Å². The Bertz CT molecular complexity index is 1360. The third kappa shape index (κ3) is 7.08. The maximum Gasteiger partial charge on any atom is 0.229 e. The predicted octanol–water partition coefficient (Wildman–Crippen LogP) is 5.58. The summed E-state index contributed by atoms with van der Waals surface area (Å²) in [5, 5.41) is 4.14. The molecule has 2 heterocycles. The van der Waals surface area contributed by atoms with E-state index < -0.39 is 10.0 Å². The Kier molecular flexibility index (Phi) is 8.20. The van der Waals surface area contributed by atoms with Crippen molar-refractivity contribution in [3.63, 3.8) is 0 Å². The van der Waals surface area contributed by atoms with Gasteiger partial charge >= 0.3 is 0 Å². The van der Waals surface area contributed by atoms with Gasteiger partial charge in [-0.3, -0.25) is 4.72 Å². The van der Waals surface area contributed by atoms with E-state index in [1.807, 2.05) is 0 Å². The Hall–Kier alpha value is -3.49. The van der Waals surface area contributed by atoms with Crippen molar-refractivity contribution in [1.82, 2.24) is 15.0 Å². The maximum absolute atomic E-state index is 11.4. The highest BCUT2D eigenvalue weighted by molar-refractivity contribution is 7.92. The highest BCUT2D eigenvalue weighted by Crippen LogP contribution is 2.29. The zero-order valence-corrected chi connectivity index (χ0v) is 22.5. The lowest BCUT2D eigenvalue weighted by molar-refractivity contribution is 0.174. The number of aromatic nitrogens is 2. The van der Waals surface area contributed by atoms with Crippen LogP contribution in [-0.4, -0.2) is 49.3 Å². The summed E-state index contributed by atoms with van der Waals surface area (Å²) in [7, 11) is -3.31. The minimum atomic E-state index is -3.31. The lowest BCUT2D eigenvalue weighted by Gasteiger charge is -2.32. The molecule has 0 spiro atoms. The van der Waals surface area contributed by atoms with Gasteiger partial charge in [-0.1, -0.05) is 65.8 Å². The normalized spacial score (nSPS) is 15.1. The molecule has 0 amide bonds. The summed E-state index contributed by atoms with van der Waals surface area (Å²) in [6.07, 6.45) is 5.24. The Morgan fingerprint density at radius 1 is 0.921 bits per heavy atom. The number of nitrogens with one attached hydrogen (secondary N) is 1. The third-order valence-electron chi connectivity index (χ3n) is 7.22. The number of sulfonamides is 1. The number of benzene rings is 3. The Morgan fingerprint density at radius 2 is 1.53 bits per heavy atom. The Morgan fingerprint density at radius 3 is 2.11 bits per heavy atom. The van der Waals surface area contributed by atoms with Gasteiger partial charge in [0.15, 0.2) is 0 Å². The molecule has 1 aliphatic heterocycles. The first-order chi connectivity index (χ1) is 18.4. The molecule has 0 unspecified atom stereocenters. The van der Waals surface area contributed by atoms with Crippen LogP contribution in [0, 0.1) is 5.92 Å². The molecule has 5 rings (SSSR count). The zero-order chi connectivity index (χ0) is 26.4. The van der Waals surface area contributed by atoms with Crippen molar-refractivity contribution in [2.75, 3.05) is 30.6 Å². The van der Waals surface area contributed by atoms with Crippen molar-refractivity contribution in [3.8, 4) is 11.4 Å². The van der Waals surface area contributed by atoms with Gasteiger partial charge in [0, 0.05) is 23.6 Å². The van der Waals surface area contributed by atoms with Crippen LogP contribution < -0.4 is 4.72 Å². The van der Waals surface area contributed by atoms with Gasteiger partial charge < -0.3 is 9.42 Å². The maximum atomic E-state index is 11.4. The van der Waals surface area contributed by atoms with Crippen LogP contribution in [-0.2, 0) is 16.4 Å². The summed E-state index contributed by atoms with van der Waals surface area (Å²) in [4.78, 5) is 7.18. The molecule has 8 heteroatoms. The van der Waals surface area contributed by atoms with E-state index in [0.29, 0.717) is 29.2 Å². The number of piperidine rings is 1. The van der Waals surface area contributed by atoms with Crippen LogP contribution in [0.2, 0.25) is 0 Å². The number of rotatable bonds is 10. The van der Waals surface area contributed by atoms with Crippen LogP contribution in [0.25, 0.3) is 11.4 Å². The molecule has 1 aromatic heterocycles. The van der Waals surface area contributed by atoms with Crippen LogP contribution in [0.1, 0.15) is 42.2 Å². The second kappa shape index (κ2) is 11.9. The summed E-state index contributed by atoms with van der Waals surface area (Å²) in [6, 6.07) is 28.6. The Balaban J connectivity index is 1.12. The van der Waals surface area contributed by atoms with E-state index in [-0.39, 0.29) is 0 Å². The molecular formula is C30H34N4O3S. The average molecular weight is 531 g/mol. The van der Waals surface area contributed by atoms with Crippen molar-refractivity contribution in [1.29, 1.82) is 0 Å². The third-order valence-corrected chi connectivity index (χ3v) is 7.83. The van der Waals surface area contributed by atoms with Gasteiger partial charge in [0.05, 0.1) is 6.26 Å². The first-order valence-electron chi connectivity index (χ1n) is 13.2. The molecule has 1 fully saturated rings. The van der Waals surface area contributed by atoms with Gasteiger partial charge in [-0.2, -0.15) is 4.98 Å². The molecule has 1 saturated heterocycles. The van der Waals surface area contributed by atoms with Gasteiger partial charge in [0.25, 0.3) is 0 Å². The summed E-state index contributed by atoms with van der Waals surface area (Å²) in [6.45, 7) is 3.24. The SMILES string of the molecule is CS(=O)(=O)Nc1ccc(-c2noc(CC3CCN(CCC(c4ccccc4)c4ccccc4)CC3)n2)cc1. The number of likely N-dealkylation sites (tertiary alicyclic amines) is 1. The number of anilines is 1. The first kappa shape index (κ1) is 26.1. The predicted molar refractivity (Wildman–Crippen MR) is 150 cm³/mol. The summed E-state index contributed by atoms with van der Waals surface area (Å²) < 4.78 is 30.8. The zero-order valence-electron chi connectivity index (χ0n) is 21.7. The first-order valence-corrected chi connectivity index (χ1v) is 15.0. The van der Waals surface area contributed by atoms with Crippen LogP contribution in [0.4, 0.5) is 5.69 Å². The van der Waals surface area contributed by atoms with E-state index in [0.717, 1.165) is 57.1 Å². The fourth-order valence-electron chi connectivity index (χ4n) is 5.23. The minimum absolute atomic E-state index is 0.406. The smallest absolute Gasteiger partial charge is 0.229 e. The van der Waals surface area contributed by atoms with E-state index in [9.17, 15) is 8.42 Å². The van der Waals surface area contributed by atoms with E-state index in [1.165, 1.54) is 11.1 Å². The topological polar surface area (TPSA) is 88.3 Å². The Labute approximate surface area is 225 Å². The van der Waals surface area contributed by atoms with E-state index in [4.69, 9.17) is 4.52 Å². The summed E-state index contributed by atoms with van der Waals surface area (Å²) >= 11 is 0. The second-order valence-corrected chi connectivity index (χ2v) is 11.9. The van der Waals surface area contributed by atoms with Crippen LogP contribution in [0.3, 0.4) is 0 Å². The van der Waals surface area contributed by atoms with Crippen LogP contribution >= 0.6 is 0 Å².